The highest BCUT2D eigenvalue weighted by Crippen LogP contribution is 2.19. The van der Waals surface area contributed by atoms with E-state index in [-0.39, 0.29) is 10.7 Å². The summed E-state index contributed by atoms with van der Waals surface area (Å²) < 4.78 is 4.70. The molecule has 0 spiro atoms. The predicted octanol–water partition coefficient (Wildman–Crippen LogP) is 2.89. The number of rotatable bonds is 4. The lowest BCUT2D eigenvalue weighted by molar-refractivity contribution is -0.115. The molecule has 0 saturated heterocycles. The van der Waals surface area contributed by atoms with Gasteiger partial charge in [-0.3, -0.25) is 4.79 Å². The predicted molar refractivity (Wildman–Crippen MR) is 74.2 cm³/mol. The van der Waals surface area contributed by atoms with E-state index in [9.17, 15) is 9.59 Å². The number of amides is 1. The van der Waals surface area contributed by atoms with Crippen molar-refractivity contribution < 1.29 is 14.3 Å². The first-order valence-corrected chi connectivity index (χ1v) is 6.55. The average molecular weight is 314 g/mol. The molecule has 0 aromatic heterocycles. The minimum absolute atomic E-state index is 0.175. The van der Waals surface area contributed by atoms with Gasteiger partial charge in [-0.2, -0.15) is 0 Å². The Kier molecular flexibility index (Phi) is 5.34. The van der Waals surface area contributed by atoms with Gasteiger partial charge in [-0.1, -0.05) is 34.5 Å². The number of nitrogens with one attached hydrogen (secondary N) is 1. The van der Waals surface area contributed by atoms with Crippen LogP contribution in [0, 0.1) is 6.92 Å². The van der Waals surface area contributed by atoms with Gasteiger partial charge in [0.25, 0.3) is 0 Å². The smallest absolute Gasteiger partial charge is 0.339 e. The molecule has 1 rings (SSSR count). The highest BCUT2D eigenvalue weighted by molar-refractivity contribution is 9.10. The Hall–Kier alpha value is -1.36. The summed E-state index contributed by atoms with van der Waals surface area (Å²) >= 11 is 3.26. The van der Waals surface area contributed by atoms with Gasteiger partial charge in [-0.15, -0.1) is 0 Å². The van der Waals surface area contributed by atoms with Crippen LogP contribution >= 0.6 is 15.9 Å². The van der Waals surface area contributed by atoms with Crippen LogP contribution in [0.4, 0.5) is 5.69 Å². The van der Waals surface area contributed by atoms with E-state index in [2.05, 4.69) is 21.2 Å². The highest BCUT2D eigenvalue weighted by Gasteiger charge is 2.17. The third kappa shape index (κ3) is 3.57. The number of halogens is 1. The number of ether oxygens (including phenoxy) is 1. The average Bonchev–Trinajstić information content (AvgIpc) is 2.38. The van der Waals surface area contributed by atoms with Crippen LogP contribution in [0.1, 0.15) is 29.3 Å². The topological polar surface area (TPSA) is 55.4 Å². The van der Waals surface area contributed by atoms with Crippen LogP contribution in [0.2, 0.25) is 0 Å². The van der Waals surface area contributed by atoms with Gasteiger partial charge >= 0.3 is 5.97 Å². The van der Waals surface area contributed by atoms with Crippen LogP contribution in [0.25, 0.3) is 0 Å². The summed E-state index contributed by atoms with van der Waals surface area (Å²) in [4.78, 5) is 23.1. The first kappa shape index (κ1) is 14.7. The molecule has 1 atom stereocenters. The van der Waals surface area contributed by atoms with Gasteiger partial charge in [0.05, 0.1) is 23.2 Å². The summed E-state index contributed by atoms with van der Waals surface area (Å²) in [7, 11) is 1.32. The molecule has 1 N–H and O–H groups in total. The number of hydrogen-bond acceptors (Lipinski definition) is 3. The number of carbonyl (C=O) groups is 2. The van der Waals surface area contributed by atoms with E-state index in [1.807, 2.05) is 19.9 Å². The Balaban J connectivity index is 3.01. The normalized spacial score (nSPS) is 11.8. The fourth-order valence-electron chi connectivity index (χ4n) is 1.44. The molecule has 1 aromatic rings. The Morgan fingerprint density at radius 1 is 1.44 bits per heavy atom. The maximum absolute atomic E-state index is 11.8. The van der Waals surface area contributed by atoms with Crippen LogP contribution in [0.3, 0.4) is 0 Å². The Morgan fingerprint density at radius 2 is 2.11 bits per heavy atom. The summed E-state index contributed by atoms with van der Waals surface area (Å²) in [5, 5.41) is 2.72. The minimum atomic E-state index is -0.461. The van der Waals surface area contributed by atoms with E-state index >= 15 is 0 Å². The van der Waals surface area contributed by atoms with Crippen molar-refractivity contribution in [1.29, 1.82) is 0 Å². The monoisotopic (exact) mass is 313 g/mol. The van der Waals surface area contributed by atoms with Gasteiger partial charge in [0.1, 0.15) is 0 Å². The second kappa shape index (κ2) is 6.54. The van der Waals surface area contributed by atoms with Crippen molar-refractivity contribution in [3.8, 4) is 0 Å². The molecule has 0 radical (unpaired) electrons. The van der Waals surface area contributed by atoms with E-state index in [1.54, 1.807) is 12.1 Å². The highest BCUT2D eigenvalue weighted by atomic mass is 79.9. The van der Waals surface area contributed by atoms with E-state index in [0.29, 0.717) is 17.7 Å². The fraction of sp³-hybridized carbons (Fsp3) is 0.385. The molecule has 0 aliphatic carbocycles. The zero-order valence-electron chi connectivity index (χ0n) is 10.6. The maximum atomic E-state index is 11.8. The quantitative estimate of drug-likeness (QED) is 0.687. The third-order valence-electron chi connectivity index (χ3n) is 2.48. The summed E-state index contributed by atoms with van der Waals surface area (Å²) in [6.45, 7) is 3.77. The van der Waals surface area contributed by atoms with Crippen LogP contribution in [0.15, 0.2) is 18.2 Å². The summed E-state index contributed by atoms with van der Waals surface area (Å²) in [5.41, 5.74) is 1.76. The Bertz CT molecular complexity index is 460. The largest absolute Gasteiger partial charge is 0.465 e. The van der Waals surface area contributed by atoms with E-state index in [4.69, 9.17) is 4.74 Å². The molecule has 0 fully saturated rings. The lowest BCUT2D eigenvalue weighted by Gasteiger charge is -2.12. The Labute approximate surface area is 115 Å². The molecule has 0 aliphatic heterocycles. The molecule has 1 unspecified atom stereocenters. The van der Waals surface area contributed by atoms with Gasteiger partial charge in [-0.25, -0.2) is 4.79 Å². The number of hydrogen-bond donors (Lipinski definition) is 1. The molecule has 4 nitrogen and oxygen atoms in total. The van der Waals surface area contributed by atoms with Crippen LogP contribution in [-0.4, -0.2) is 23.8 Å². The SMILES string of the molecule is CCC(Br)C(=O)Nc1ccc(C)cc1C(=O)OC. The number of carbonyl (C=O) groups excluding carboxylic acids is 2. The zero-order chi connectivity index (χ0) is 13.7. The standard InChI is InChI=1S/C13H16BrNO3/c1-4-10(14)12(16)15-11-6-5-8(2)7-9(11)13(17)18-3/h5-7,10H,4H2,1-3H3,(H,15,16). The van der Waals surface area contributed by atoms with E-state index in [1.165, 1.54) is 7.11 Å². The zero-order valence-corrected chi connectivity index (χ0v) is 12.2. The molecule has 5 heteroatoms. The van der Waals surface area contributed by atoms with Crippen molar-refractivity contribution in [2.75, 3.05) is 12.4 Å². The lowest BCUT2D eigenvalue weighted by atomic mass is 10.1. The van der Waals surface area contributed by atoms with Gasteiger partial charge < -0.3 is 10.1 Å². The van der Waals surface area contributed by atoms with E-state index < -0.39 is 5.97 Å². The number of benzene rings is 1. The van der Waals surface area contributed by atoms with Crippen molar-refractivity contribution >= 4 is 33.5 Å². The Morgan fingerprint density at radius 3 is 2.67 bits per heavy atom. The molecule has 0 heterocycles. The molecule has 1 aromatic carbocycles. The first-order chi connectivity index (χ1) is 8.49. The van der Waals surface area contributed by atoms with Crippen molar-refractivity contribution in [2.45, 2.75) is 25.1 Å². The molecule has 0 saturated carbocycles. The molecule has 0 aliphatic rings. The second-order valence-electron chi connectivity index (χ2n) is 3.91. The number of anilines is 1. The number of methoxy groups -OCH3 is 1. The number of alkyl halides is 1. The molecule has 1 amide bonds. The maximum Gasteiger partial charge on any atom is 0.339 e. The molecule has 98 valence electrons. The van der Waals surface area contributed by atoms with Gasteiger partial charge in [-0.05, 0) is 25.5 Å². The van der Waals surface area contributed by atoms with Crippen molar-refractivity contribution in [1.82, 2.24) is 0 Å². The van der Waals surface area contributed by atoms with Crippen molar-refractivity contribution in [3.63, 3.8) is 0 Å². The van der Waals surface area contributed by atoms with Crippen molar-refractivity contribution in [3.05, 3.63) is 29.3 Å². The van der Waals surface area contributed by atoms with Crippen LogP contribution in [-0.2, 0) is 9.53 Å². The van der Waals surface area contributed by atoms with Gasteiger partial charge in [0.15, 0.2) is 0 Å². The summed E-state index contributed by atoms with van der Waals surface area (Å²) in [5.74, 6) is -0.636. The summed E-state index contributed by atoms with van der Waals surface area (Å²) in [6.07, 6.45) is 0.672. The number of aryl methyl sites for hydroxylation is 1. The second-order valence-corrected chi connectivity index (χ2v) is 5.01. The van der Waals surface area contributed by atoms with E-state index in [0.717, 1.165) is 5.56 Å². The minimum Gasteiger partial charge on any atom is -0.465 e. The lowest BCUT2D eigenvalue weighted by Crippen LogP contribution is -2.23. The summed E-state index contributed by atoms with van der Waals surface area (Å²) in [6, 6.07) is 5.22. The van der Waals surface area contributed by atoms with Gasteiger partial charge in [0, 0.05) is 0 Å². The van der Waals surface area contributed by atoms with Crippen molar-refractivity contribution in [2.24, 2.45) is 0 Å². The molecule has 0 bridgehead atoms. The first-order valence-electron chi connectivity index (χ1n) is 5.63. The van der Waals surface area contributed by atoms with Gasteiger partial charge in [0.2, 0.25) is 5.91 Å². The van der Waals surface area contributed by atoms with Crippen LogP contribution in [0.5, 0.6) is 0 Å². The van der Waals surface area contributed by atoms with Crippen LogP contribution < -0.4 is 5.32 Å². The number of esters is 1. The molecule has 18 heavy (non-hydrogen) atoms. The fourth-order valence-corrected chi connectivity index (χ4v) is 1.56. The third-order valence-corrected chi connectivity index (χ3v) is 3.54. The molecular formula is C13H16BrNO3. The molecular weight excluding hydrogens is 298 g/mol.